The van der Waals surface area contributed by atoms with Crippen LogP contribution in [0.3, 0.4) is 0 Å². The predicted molar refractivity (Wildman–Crippen MR) is 82.9 cm³/mol. The number of aryl methyl sites for hydroxylation is 1. The smallest absolute Gasteiger partial charge is 0.134 e. The van der Waals surface area contributed by atoms with Crippen molar-refractivity contribution in [2.45, 2.75) is 25.9 Å². The number of halogens is 1. The van der Waals surface area contributed by atoms with E-state index in [4.69, 9.17) is 21.9 Å². The van der Waals surface area contributed by atoms with E-state index >= 15 is 0 Å². The van der Waals surface area contributed by atoms with Crippen LogP contribution in [0, 0.1) is 0 Å². The molecular formula is C15H17ClN4O. The number of hydrogen-bond acceptors (Lipinski definition) is 4. The van der Waals surface area contributed by atoms with Crippen molar-refractivity contribution in [3.8, 4) is 0 Å². The molecule has 3 aromatic rings. The van der Waals surface area contributed by atoms with Crippen molar-refractivity contribution < 1.29 is 4.42 Å². The predicted octanol–water partition coefficient (Wildman–Crippen LogP) is 3.25. The molecule has 0 amide bonds. The maximum Gasteiger partial charge on any atom is 0.134 e. The van der Waals surface area contributed by atoms with Crippen LogP contribution >= 0.6 is 11.6 Å². The lowest BCUT2D eigenvalue weighted by atomic mass is 10.1. The second-order valence-electron chi connectivity index (χ2n) is 4.89. The maximum absolute atomic E-state index is 6.28. The molecule has 21 heavy (non-hydrogen) atoms. The summed E-state index contributed by atoms with van der Waals surface area (Å²) in [6.45, 7) is 2.87. The van der Waals surface area contributed by atoms with Crippen molar-refractivity contribution in [1.82, 2.24) is 15.2 Å². The average Bonchev–Trinajstić information content (AvgIpc) is 3.06. The summed E-state index contributed by atoms with van der Waals surface area (Å²) in [5.41, 5.74) is 4.43. The zero-order chi connectivity index (χ0) is 14.8. The average molecular weight is 305 g/mol. The summed E-state index contributed by atoms with van der Waals surface area (Å²) < 4.78 is 7.75. The number of furan rings is 1. The molecule has 0 aliphatic rings. The number of hydrazine groups is 1. The second-order valence-corrected chi connectivity index (χ2v) is 5.29. The number of rotatable bonds is 5. The number of nitrogens with one attached hydrogen (secondary N) is 1. The fraction of sp³-hybridized carbons (Fsp3) is 0.267. The van der Waals surface area contributed by atoms with Gasteiger partial charge in [-0.2, -0.15) is 5.10 Å². The highest BCUT2D eigenvalue weighted by Crippen LogP contribution is 2.31. The van der Waals surface area contributed by atoms with Gasteiger partial charge in [0.1, 0.15) is 17.4 Å². The van der Waals surface area contributed by atoms with Gasteiger partial charge in [-0.05, 0) is 18.6 Å². The third kappa shape index (κ3) is 2.55. The molecule has 1 atom stereocenters. The number of nitrogens with two attached hydrogens (primary N) is 1. The lowest BCUT2D eigenvalue weighted by Gasteiger charge is -2.16. The van der Waals surface area contributed by atoms with Crippen LogP contribution in [0.5, 0.6) is 0 Å². The molecule has 1 aromatic carbocycles. The Bertz CT molecular complexity index is 716. The minimum atomic E-state index is -0.334. The number of hydrogen-bond donors (Lipinski definition) is 2. The van der Waals surface area contributed by atoms with Gasteiger partial charge in [-0.15, -0.1) is 0 Å². The zero-order valence-electron chi connectivity index (χ0n) is 11.7. The van der Waals surface area contributed by atoms with Crippen LogP contribution < -0.4 is 11.3 Å². The SMILES string of the molecule is CCCn1ncc(Cl)c1C(NN)c1cc2ccccc2o1. The first-order valence-corrected chi connectivity index (χ1v) is 7.28. The third-order valence-corrected chi connectivity index (χ3v) is 3.73. The summed E-state index contributed by atoms with van der Waals surface area (Å²) >= 11 is 6.28. The van der Waals surface area contributed by atoms with Crippen molar-refractivity contribution in [3.05, 3.63) is 53.0 Å². The Balaban J connectivity index is 2.07. The number of fused-ring (bicyclic) bond motifs is 1. The van der Waals surface area contributed by atoms with E-state index < -0.39 is 0 Å². The Labute approximate surface area is 127 Å². The highest BCUT2D eigenvalue weighted by Gasteiger charge is 2.24. The van der Waals surface area contributed by atoms with Gasteiger partial charge in [0.25, 0.3) is 0 Å². The van der Waals surface area contributed by atoms with Gasteiger partial charge in [-0.3, -0.25) is 10.5 Å². The first-order chi connectivity index (χ1) is 10.2. The molecule has 3 N–H and O–H groups in total. The van der Waals surface area contributed by atoms with E-state index in [1.165, 1.54) is 0 Å². The Morgan fingerprint density at radius 2 is 2.24 bits per heavy atom. The number of benzene rings is 1. The molecule has 1 unspecified atom stereocenters. The number of para-hydroxylation sites is 1. The van der Waals surface area contributed by atoms with Gasteiger partial charge < -0.3 is 4.42 Å². The summed E-state index contributed by atoms with van der Waals surface area (Å²) in [6, 6.07) is 9.48. The van der Waals surface area contributed by atoms with Gasteiger partial charge in [0.2, 0.25) is 0 Å². The highest BCUT2D eigenvalue weighted by molar-refractivity contribution is 6.31. The third-order valence-electron chi connectivity index (χ3n) is 3.44. The van der Waals surface area contributed by atoms with E-state index in [0.29, 0.717) is 5.02 Å². The van der Waals surface area contributed by atoms with Crippen LogP contribution in [0.1, 0.15) is 30.8 Å². The molecule has 2 heterocycles. The molecule has 0 bridgehead atoms. The van der Waals surface area contributed by atoms with Crippen LogP contribution in [0.4, 0.5) is 0 Å². The van der Waals surface area contributed by atoms with Crippen LogP contribution in [0.25, 0.3) is 11.0 Å². The Morgan fingerprint density at radius 3 is 2.95 bits per heavy atom. The monoisotopic (exact) mass is 304 g/mol. The summed E-state index contributed by atoms with van der Waals surface area (Å²) in [7, 11) is 0. The Hall–Kier alpha value is -1.82. The van der Waals surface area contributed by atoms with Crippen LogP contribution in [0.15, 0.2) is 40.9 Å². The fourth-order valence-electron chi connectivity index (χ4n) is 2.49. The molecular weight excluding hydrogens is 288 g/mol. The lowest BCUT2D eigenvalue weighted by Crippen LogP contribution is -2.30. The van der Waals surface area contributed by atoms with E-state index in [0.717, 1.165) is 35.4 Å². The summed E-state index contributed by atoms with van der Waals surface area (Å²) in [4.78, 5) is 0. The highest BCUT2D eigenvalue weighted by atomic mass is 35.5. The van der Waals surface area contributed by atoms with E-state index in [-0.39, 0.29) is 6.04 Å². The first kappa shape index (κ1) is 14.1. The van der Waals surface area contributed by atoms with Crippen molar-refractivity contribution >= 4 is 22.6 Å². The van der Waals surface area contributed by atoms with Gasteiger partial charge in [-0.1, -0.05) is 36.7 Å². The standard InChI is InChI=1S/C15H17ClN4O/c1-2-7-20-15(11(16)9-18-20)14(19-17)13-8-10-5-3-4-6-12(10)21-13/h3-6,8-9,14,19H,2,7,17H2,1H3. The van der Waals surface area contributed by atoms with Crippen molar-refractivity contribution in [1.29, 1.82) is 0 Å². The summed E-state index contributed by atoms with van der Waals surface area (Å²) in [5.74, 6) is 6.46. The van der Waals surface area contributed by atoms with Gasteiger partial charge >= 0.3 is 0 Å². The summed E-state index contributed by atoms with van der Waals surface area (Å²) in [5, 5.41) is 5.91. The lowest BCUT2D eigenvalue weighted by molar-refractivity contribution is 0.446. The maximum atomic E-state index is 6.28. The topological polar surface area (TPSA) is 69.0 Å². The molecule has 0 saturated heterocycles. The molecule has 0 saturated carbocycles. The van der Waals surface area contributed by atoms with Gasteiger partial charge in [0.05, 0.1) is 16.9 Å². The van der Waals surface area contributed by atoms with Crippen LogP contribution in [0.2, 0.25) is 5.02 Å². The summed E-state index contributed by atoms with van der Waals surface area (Å²) in [6.07, 6.45) is 2.60. The minimum Gasteiger partial charge on any atom is -0.459 e. The number of aromatic nitrogens is 2. The zero-order valence-corrected chi connectivity index (χ0v) is 12.5. The van der Waals surface area contributed by atoms with Gasteiger partial charge in [0.15, 0.2) is 0 Å². The van der Waals surface area contributed by atoms with E-state index in [1.807, 2.05) is 35.0 Å². The van der Waals surface area contributed by atoms with Gasteiger partial charge in [0, 0.05) is 11.9 Å². The molecule has 0 spiro atoms. The van der Waals surface area contributed by atoms with Crippen LogP contribution in [-0.4, -0.2) is 9.78 Å². The number of nitrogens with zero attached hydrogens (tertiary/aromatic N) is 2. The fourth-order valence-corrected chi connectivity index (χ4v) is 2.74. The molecule has 0 aliphatic heterocycles. The molecule has 0 aliphatic carbocycles. The molecule has 6 heteroatoms. The quantitative estimate of drug-likeness (QED) is 0.561. The molecule has 110 valence electrons. The van der Waals surface area contributed by atoms with Gasteiger partial charge in [-0.25, -0.2) is 5.43 Å². The molecule has 3 rings (SSSR count). The van der Waals surface area contributed by atoms with E-state index in [2.05, 4.69) is 17.4 Å². The molecule has 5 nitrogen and oxygen atoms in total. The second kappa shape index (κ2) is 5.89. The van der Waals surface area contributed by atoms with E-state index in [1.54, 1.807) is 6.20 Å². The Kier molecular flexibility index (Phi) is 3.96. The first-order valence-electron chi connectivity index (χ1n) is 6.90. The molecule has 0 radical (unpaired) electrons. The van der Waals surface area contributed by atoms with Crippen molar-refractivity contribution in [2.75, 3.05) is 0 Å². The van der Waals surface area contributed by atoms with Crippen molar-refractivity contribution in [3.63, 3.8) is 0 Å². The minimum absolute atomic E-state index is 0.334. The van der Waals surface area contributed by atoms with E-state index in [9.17, 15) is 0 Å². The largest absolute Gasteiger partial charge is 0.459 e. The molecule has 2 aromatic heterocycles. The Morgan fingerprint density at radius 1 is 1.43 bits per heavy atom. The van der Waals surface area contributed by atoms with Crippen molar-refractivity contribution in [2.24, 2.45) is 5.84 Å². The van der Waals surface area contributed by atoms with Crippen LogP contribution in [-0.2, 0) is 6.54 Å². The molecule has 0 fully saturated rings. The normalized spacial score (nSPS) is 12.9.